The summed E-state index contributed by atoms with van der Waals surface area (Å²) in [6.45, 7) is 0. The van der Waals surface area contributed by atoms with Gasteiger partial charge in [-0.15, -0.1) is 0 Å². The highest BCUT2D eigenvalue weighted by Crippen LogP contribution is 2.22. The Morgan fingerprint density at radius 1 is 1.13 bits per heavy atom. The van der Waals surface area contributed by atoms with E-state index in [1.807, 2.05) is 30.3 Å². The van der Waals surface area contributed by atoms with Crippen molar-refractivity contribution in [2.75, 3.05) is 16.4 Å². The summed E-state index contributed by atoms with van der Waals surface area (Å²) in [6.07, 6.45) is 3.71. The van der Waals surface area contributed by atoms with Gasteiger partial charge in [-0.2, -0.15) is 0 Å². The van der Waals surface area contributed by atoms with E-state index in [1.165, 1.54) is 4.90 Å². The molecule has 0 bridgehead atoms. The zero-order valence-electron chi connectivity index (χ0n) is 12.5. The number of carbonyl (C=O) groups excluding carboxylic acids is 1. The second-order valence-corrected chi connectivity index (χ2v) is 7.76. The Balaban J connectivity index is 1.88. The molecule has 1 aliphatic heterocycles. The lowest BCUT2D eigenvalue weighted by Gasteiger charge is -2.26. The van der Waals surface area contributed by atoms with Crippen molar-refractivity contribution in [2.24, 2.45) is 0 Å². The number of anilines is 1. The molecule has 1 unspecified atom stereocenters. The fraction of sp³-hybridized carbons (Fsp3) is 0.312. The third-order valence-corrected chi connectivity index (χ3v) is 5.56. The zero-order chi connectivity index (χ0) is 16.3. The van der Waals surface area contributed by atoms with Crippen LogP contribution in [0.1, 0.15) is 12.0 Å². The molecule has 0 saturated carbocycles. The molecule has 0 radical (unpaired) electrons. The number of carbonyl (C=O) groups is 1. The summed E-state index contributed by atoms with van der Waals surface area (Å²) in [5.41, 5.74) is 0.874. The number of rotatable bonds is 4. The highest BCUT2D eigenvalue weighted by atomic mass is 32.2. The Morgan fingerprint density at radius 3 is 2.43 bits per heavy atom. The molecule has 2 aromatic rings. The molecule has 3 rings (SSSR count). The van der Waals surface area contributed by atoms with Crippen molar-refractivity contribution in [3.05, 3.63) is 54.4 Å². The molecule has 23 heavy (non-hydrogen) atoms. The lowest BCUT2D eigenvalue weighted by Crippen LogP contribution is -2.43. The first-order chi connectivity index (χ1) is 11.1. The molecule has 2 heterocycles. The number of aromatic nitrogens is 2. The first-order valence-corrected chi connectivity index (χ1v) is 9.21. The van der Waals surface area contributed by atoms with Crippen LogP contribution in [0.25, 0.3) is 0 Å². The minimum absolute atomic E-state index is 0.0359. The lowest BCUT2D eigenvalue weighted by molar-refractivity contribution is -0.118. The van der Waals surface area contributed by atoms with E-state index in [9.17, 15) is 13.2 Å². The van der Waals surface area contributed by atoms with Gasteiger partial charge < -0.3 is 0 Å². The summed E-state index contributed by atoms with van der Waals surface area (Å²) in [6, 6.07) is 10.6. The minimum Gasteiger partial charge on any atom is -0.276 e. The van der Waals surface area contributed by atoms with Crippen molar-refractivity contribution in [1.29, 1.82) is 0 Å². The van der Waals surface area contributed by atoms with Crippen molar-refractivity contribution in [2.45, 2.75) is 18.9 Å². The molecule has 6 nitrogen and oxygen atoms in total. The van der Waals surface area contributed by atoms with Crippen LogP contribution >= 0.6 is 0 Å². The molecular formula is C16H17N3O3S. The van der Waals surface area contributed by atoms with Crippen molar-refractivity contribution < 1.29 is 13.2 Å². The van der Waals surface area contributed by atoms with Crippen molar-refractivity contribution >= 4 is 21.7 Å². The van der Waals surface area contributed by atoms with E-state index in [2.05, 4.69) is 9.97 Å². The second-order valence-electron chi connectivity index (χ2n) is 5.53. The molecule has 0 aliphatic carbocycles. The van der Waals surface area contributed by atoms with Gasteiger partial charge >= 0.3 is 0 Å². The van der Waals surface area contributed by atoms with E-state index in [0.29, 0.717) is 6.42 Å². The average Bonchev–Trinajstić information content (AvgIpc) is 2.89. The molecule has 1 atom stereocenters. The van der Waals surface area contributed by atoms with Crippen LogP contribution in [0, 0.1) is 0 Å². The first-order valence-electron chi connectivity index (χ1n) is 7.38. The quantitative estimate of drug-likeness (QED) is 0.842. The van der Waals surface area contributed by atoms with Gasteiger partial charge in [0.15, 0.2) is 9.84 Å². The molecule has 0 N–H and O–H groups in total. The van der Waals surface area contributed by atoms with Crippen LogP contribution in [-0.4, -0.2) is 41.8 Å². The Labute approximate surface area is 135 Å². The number of sulfone groups is 1. The number of nitrogens with zero attached hydrogens (tertiary/aromatic N) is 3. The monoisotopic (exact) mass is 331 g/mol. The van der Waals surface area contributed by atoms with Gasteiger partial charge in [0.25, 0.3) is 0 Å². The van der Waals surface area contributed by atoms with Gasteiger partial charge in [-0.25, -0.2) is 18.4 Å². The molecule has 1 aliphatic rings. The average molecular weight is 331 g/mol. The van der Waals surface area contributed by atoms with Crippen LogP contribution in [0.5, 0.6) is 0 Å². The van der Waals surface area contributed by atoms with Crippen molar-refractivity contribution in [1.82, 2.24) is 9.97 Å². The van der Waals surface area contributed by atoms with Gasteiger partial charge in [-0.1, -0.05) is 30.3 Å². The summed E-state index contributed by atoms with van der Waals surface area (Å²) in [5.74, 6) is 0.130. The lowest BCUT2D eigenvalue weighted by atomic mass is 10.1. The van der Waals surface area contributed by atoms with Gasteiger partial charge in [0.1, 0.15) is 0 Å². The number of hydrogen-bond acceptors (Lipinski definition) is 5. The highest BCUT2D eigenvalue weighted by molar-refractivity contribution is 7.91. The molecule has 1 aromatic heterocycles. The van der Waals surface area contributed by atoms with Gasteiger partial charge in [-0.05, 0) is 18.1 Å². The van der Waals surface area contributed by atoms with E-state index in [1.54, 1.807) is 18.5 Å². The zero-order valence-corrected chi connectivity index (χ0v) is 13.3. The smallest absolute Gasteiger partial charge is 0.234 e. The van der Waals surface area contributed by atoms with Crippen LogP contribution in [0.4, 0.5) is 5.95 Å². The van der Waals surface area contributed by atoms with Gasteiger partial charge in [0.2, 0.25) is 11.9 Å². The second kappa shape index (κ2) is 6.45. The molecule has 1 fully saturated rings. The third kappa shape index (κ3) is 3.73. The fourth-order valence-electron chi connectivity index (χ4n) is 2.73. The molecule has 1 saturated heterocycles. The normalized spacial score (nSPS) is 19.4. The van der Waals surface area contributed by atoms with Crippen LogP contribution in [0.2, 0.25) is 0 Å². The molecule has 1 aromatic carbocycles. The predicted octanol–water partition coefficient (Wildman–Crippen LogP) is 1.24. The van der Waals surface area contributed by atoms with E-state index < -0.39 is 15.9 Å². The maximum atomic E-state index is 12.8. The first kappa shape index (κ1) is 15.6. The van der Waals surface area contributed by atoms with E-state index >= 15 is 0 Å². The molecule has 0 spiro atoms. The maximum Gasteiger partial charge on any atom is 0.234 e. The van der Waals surface area contributed by atoms with Crippen LogP contribution in [0.15, 0.2) is 48.8 Å². The predicted molar refractivity (Wildman–Crippen MR) is 86.7 cm³/mol. The molecule has 1 amide bonds. The summed E-state index contributed by atoms with van der Waals surface area (Å²) in [4.78, 5) is 22.5. The van der Waals surface area contributed by atoms with Crippen molar-refractivity contribution in [3.63, 3.8) is 0 Å². The van der Waals surface area contributed by atoms with E-state index in [0.717, 1.165) is 5.56 Å². The molecule has 120 valence electrons. The Morgan fingerprint density at radius 2 is 1.83 bits per heavy atom. The van der Waals surface area contributed by atoms with Crippen LogP contribution in [0.3, 0.4) is 0 Å². The Kier molecular flexibility index (Phi) is 4.38. The summed E-state index contributed by atoms with van der Waals surface area (Å²) in [7, 11) is -3.10. The van der Waals surface area contributed by atoms with Crippen LogP contribution in [-0.2, 0) is 21.1 Å². The number of hydrogen-bond donors (Lipinski definition) is 0. The van der Waals surface area contributed by atoms with Crippen LogP contribution < -0.4 is 4.90 Å². The molecular weight excluding hydrogens is 314 g/mol. The largest absolute Gasteiger partial charge is 0.276 e. The Bertz CT molecular complexity index is 779. The topological polar surface area (TPSA) is 80.2 Å². The highest BCUT2D eigenvalue weighted by Gasteiger charge is 2.36. The van der Waals surface area contributed by atoms with E-state index in [4.69, 9.17) is 0 Å². The van der Waals surface area contributed by atoms with Crippen molar-refractivity contribution in [3.8, 4) is 0 Å². The standard InChI is InChI=1S/C16H17N3O3S/c20-15(11-13-5-2-1-3-6-13)19(16-17-8-4-9-18-16)14-7-10-23(21,22)12-14/h1-6,8-9,14H,7,10-12H2. The summed E-state index contributed by atoms with van der Waals surface area (Å²) >= 11 is 0. The summed E-state index contributed by atoms with van der Waals surface area (Å²) in [5, 5.41) is 0. The number of amides is 1. The Hall–Kier alpha value is -2.28. The van der Waals surface area contributed by atoms with Gasteiger partial charge in [0.05, 0.1) is 24.0 Å². The third-order valence-electron chi connectivity index (χ3n) is 3.81. The fourth-order valence-corrected chi connectivity index (χ4v) is 4.43. The van der Waals surface area contributed by atoms with Gasteiger partial charge in [0, 0.05) is 12.4 Å². The SMILES string of the molecule is O=C(Cc1ccccc1)N(c1ncccn1)C1CCS(=O)(=O)C1. The maximum absolute atomic E-state index is 12.8. The molecule has 7 heteroatoms. The minimum atomic E-state index is -3.10. The number of benzene rings is 1. The van der Waals surface area contributed by atoms with Gasteiger partial charge in [-0.3, -0.25) is 9.69 Å². The summed E-state index contributed by atoms with van der Waals surface area (Å²) < 4.78 is 23.6. The van der Waals surface area contributed by atoms with E-state index in [-0.39, 0.29) is 29.8 Å².